The Balaban J connectivity index is 1.12. The average Bonchev–Trinajstić information content (AvgIpc) is 2.75. The normalized spacial score (nSPS) is 23.9. The standard InChI is InChI=1S/C24H36N2O2/c27-24(16-19-6-2-1-3-7-19)26-14-12-20(13-15-26)17-25-18-22-11-10-21-8-4-5-9-23(21)28-22/h4-5,8-9,19-20,22,25H,1-3,6-7,10-18H2. The zero-order valence-electron chi connectivity index (χ0n) is 17.2. The van der Waals surface area contributed by atoms with Crippen molar-refractivity contribution >= 4 is 5.91 Å². The van der Waals surface area contributed by atoms with Crippen molar-refractivity contribution in [3.63, 3.8) is 0 Å². The van der Waals surface area contributed by atoms with Crippen molar-refractivity contribution in [1.29, 1.82) is 0 Å². The Bertz CT molecular complexity index is 633. The van der Waals surface area contributed by atoms with Gasteiger partial charge in [0.25, 0.3) is 0 Å². The summed E-state index contributed by atoms with van der Waals surface area (Å²) in [6.45, 7) is 3.87. The molecule has 2 aliphatic heterocycles. The molecule has 1 aromatic carbocycles. The fourth-order valence-electron chi connectivity index (χ4n) is 5.13. The van der Waals surface area contributed by atoms with Gasteiger partial charge in [0.2, 0.25) is 5.91 Å². The number of likely N-dealkylation sites (tertiary alicyclic amines) is 1. The van der Waals surface area contributed by atoms with Crippen LogP contribution in [0.2, 0.25) is 0 Å². The van der Waals surface area contributed by atoms with E-state index in [0.29, 0.717) is 17.7 Å². The largest absolute Gasteiger partial charge is 0.489 e. The summed E-state index contributed by atoms with van der Waals surface area (Å²) in [5, 5.41) is 3.64. The average molecular weight is 385 g/mol. The molecule has 154 valence electrons. The number of para-hydroxylation sites is 1. The second kappa shape index (κ2) is 9.78. The van der Waals surface area contributed by atoms with Gasteiger partial charge in [0, 0.05) is 26.1 Å². The summed E-state index contributed by atoms with van der Waals surface area (Å²) in [5.41, 5.74) is 1.34. The molecule has 0 bridgehead atoms. The van der Waals surface area contributed by atoms with E-state index in [4.69, 9.17) is 4.74 Å². The first-order chi connectivity index (χ1) is 13.8. The maximum absolute atomic E-state index is 12.6. The monoisotopic (exact) mass is 384 g/mol. The van der Waals surface area contributed by atoms with Crippen molar-refractivity contribution < 1.29 is 9.53 Å². The second-order valence-electron chi connectivity index (χ2n) is 9.08. The van der Waals surface area contributed by atoms with Gasteiger partial charge in [-0.25, -0.2) is 0 Å². The number of piperidine rings is 1. The molecule has 0 spiro atoms. The molecule has 3 aliphatic rings. The van der Waals surface area contributed by atoms with E-state index >= 15 is 0 Å². The van der Waals surface area contributed by atoms with Gasteiger partial charge in [-0.3, -0.25) is 4.79 Å². The molecule has 28 heavy (non-hydrogen) atoms. The minimum atomic E-state index is 0.284. The maximum Gasteiger partial charge on any atom is 0.222 e. The Morgan fingerprint density at radius 3 is 2.57 bits per heavy atom. The Hall–Kier alpha value is -1.55. The van der Waals surface area contributed by atoms with Crippen molar-refractivity contribution in [3.8, 4) is 5.75 Å². The Morgan fingerprint density at radius 1 is 0.964 bits per heavy atom. The lowest BCUT2D eigenvalue weighted by Gasteiger charge is -2.34. The van der Waals surface area contributed by atoms with E-state index in [9.17, 15) is 4.79 Å². The molecule has 2 fully saturated rings. The van der Waals surface area contributed by atoms with E-state index in [0.717, 1.165) is 64.0 Å². The third kappa shape index (κ3) is 5.28. The molecule has 4 nitrogen and oxygen atoms in total. The SMILES string of the molecule is O=C(CC1CCCCC1)N1CCC(CNCC2CCc3ccccc3O2)CC1. The Kier molecular flexibility index (Phi) is 6.90. The number of carbonyl (C=O) groups is 1. The molecule has 4 heteroatoms. The zero-order valence-corrected chi connectivity index (χ0v) is 17.2. The van der Waals surface area contributed by atoms with Crippen LogP contribution in [0.4, 0.5) is 0 Å². The number of hydrogen-bond donors (Lipinski definition) is 1. The summed E-state index contributed by atoms with van der Waals surface area (Å²) in [6, 6.07) is 8.40. The fourth-order valence-corrected chi connectivity index (χ4v) is 5.13. The van der Waals surface area contributed by atoms with Gasteiger partial charge in [0.1, 0.15) is 11.9 Å². The third-order valence-electron chi connectivity index (χ3n) is 6.96. The molecule has 1 aliphatic carbocycles. The lowest BCUT2D eigenvalue weighted by atomic mass is 9.86. The Labute approximate surface area is 170 Å². The van der Waals surface area contributed by atoms with Crippen molar-refractivity contribution in [1.82, 2.24) is 10.2 Å². The first-order valence-corrected chi connectivity index (χ1v) is 11.5. The van der Waals surface area contributed by atoms with Gasteiger partial charge in [-0.05, 0) is 68.5 Å². The number of aryl methyl sites for hydroxylation is 1. The predicted octanol–water partition coefficient (Wildman–Crippen LogP) is 4.18. The number of fused-ring (bicyclic) bond motifs is 1. The van der Waals surface area contributed by atoms with E-state index in [1.165, 1.54) is 37.7 Å². The molecule has 1 N–H and O–H groups in total. The van der Waals surface area contributed by atoms with Crippen LogP contribution in [0.5, 0.6) is 5.75 Å². The number of amides is 1. The van der Waals surface area contributed by atoms with Crippen LogP contribution in [0.25, 0.3) is 0 Å². The molecule has 1 amide bonds. The fraction of sp³-hybridized carbons (Fsp3) is 0.708. The van der Waals surface area contributed by atoms with E-state index in [2.05, 4.69) is 34.5 Å². The van der Waals surface area contributed by atoms with Crippen molar-refractivity contribution in [2.24, 2.45) is 11.8 Å². The van der Waals surface area contributed by atoms with Gasteiger partial charge in [-0.15, -0.1) is 0 Å². The number of hydrogen-bond acceptors (Lipinski definition) is 3. The first kappa shape index (κ1) is 19.8. The zero-order chi connectivity index (χ0) is 19.2. The first-order valence-electron chi connectivity index (χ1n) is 11.5. The lowest BCUT2D eigenvalue weighted by Crippen LogP contribution is -2.42. The summed E-state index contributed by atoms with van der Waals surface area (Å²) < 4.78 is 6.13. The molecule has 1 saturated carbocycles. The molecule has 0 aromatic heterocycles. The van der Waals surface area contributed by atoms with Gasteiger partial charge in [0.05, 0.1) is 0 Å². The van der Waals surface area contributed by atoms with Crippen molar-refractivity contribution in [2.45, 2.75) is 70.3 Å². The van der Waals surface area contributed by atoms with Gasteiger partial charge in [-0.1, -0.05) is 37.5 Å². The second-order valence-corrected chi connectivity index (χ2v) is 9.08. The smallest absolute Gasteiger partial charge is 0.222 e. The molecule has 0 radical (unpaired) electrons. The van der Waals surface area contributed by atoms with Crippen molar-refractivity contribution in [2.75, 3.05) is 26.2 Å². The molecule has 1 aromatic rings. The maximum atomic E-state index is 12.6. The molecule has 4 rings (SSSR count). The molecule has 2 heterocycles. The van der Waals surface area contributed by atoms with Gasteiger partial charge >= 0.3 is 0 Å². The number of benzene rings is 1. The minimum Gasteiger partial charge on any atom is -0.489 e. The van der Waals surface area contributed by atoms with Crippen LogP contribution in [-0.4, -0.2) is 43.1 Å². The van der Waals surface area contributed by atoms with E-state index in [1.54, 1.807) is 0 Å². The highest BCUT2D eigenvalue weighted by atomic mass is 16.5. The van der Waals surface area contributed by atoms with Crippen LogP contribution in [0, 0.1) is 11.8 Å². The molecule has 1 saturated heterocycles. The number of nitrogens with one attached hydrogen (secondary N) is 1. The quantitative estimate of drug-likeness (QED) is 0.800. The van der Waals surface area contributed by atoms with E-state index in [1.807, 2.05) is 0 Å². The number of rotatable bonds is 6. The van der Waals surface area contributed by atoms with Crippen LogP contribution in [0.15, 0.2) is 24.3 Å². The summed E-state index contributed by atoms with van der Waals surface area (Å²) in [6.07, 6.45) is 12.1. The van der Waals surface area contributed by atoms with Crippen LogP contribution < -0.4 is 10.1 Å². The van der Waals surface area contributed by atoms with Crippen LogP contribution >= 0.6 is 0 Å². The molecular formula is C24H36N2O2. The number of carbonyl (C=O) groups excluding carboxylic acids is 1. The van der Waals surface area contributed by atoms with Gasteiger partial charge in [-0.2, -0.15) is 0 Å². The highest BCUT2D eigenvalue weighted by Gasteiger charge is 2.26. The Morgan fingerprint density at radius 2 is 1.75 bits per heavy atom. The van der Waals surface area contributed by atoms with E-state index in [-0.39, 0.29) is 6.10 Å². The molecule has 1 unspecified atom stereocenters. The number of nitrogens with zero attached hydrogens (tertiary/aromatic N) is 1. The highest BCUT2D eigenvalue weighted by Crippen LogP contribution is 2.28. The summed E-state index contributed by atoms with van der Waals surface area (Å²) in [7, 11) is 0. The molecular weight excluding hydrogens is 348 g/mol. The van der Waals surface area contributed by atoms with Gasteiger partial charge in [0.15, 0.2) is 0 Å². The predicted molar refractivity (Wildman–Crippen MR) is 113 cm³/mol. The summed E-state index contributed by atoms with van der Waals surface area (Å²) in [5.74, 6) is 2.81. The number of ether oxygens (including phenoxy) is 1. The topological polar surface area (TPSA) is 41.6 Å². The van der Waals surface area contributed by atoms with E-state index < -0.39 is 0 Å². The molecule has 1 atom stereocenters. The van der Waals surface area contributed by atoms with Crippen LogP contribution in [0.3, 0.4) is 0 Å². The summed E-state index contributed by atoms with van der Waals surface area (Å²) in [4.78, 5) is 14.7. The van der Waals surface area contributed by atoms with Crippen LogP contribution in [-0.2, 0) is 11.2 Å². The highest BCUT2D eigenvalue weighted by molar-refractivity contribution is 5.76. The van der Waals surface area contributed by atoms with Gasteiger partial charge < -0.3 is 15.0 Å². The summed E-state index contributed by atoms with van der Waals surface area (Å²) >= 11 is 0. The lowest BCUT2D eigenvalue weighted by molar-refractivity contribution is -0.133. The van der Waals surface area contributed by atoms with Crippen LogP contribution in [0.1, 0.15) is 63.4 Å². The minimum absolute atomic E-state index is 0.284. The van der Waals surface area contributed by atoms with Crippen molar-refractivity contribution in [3.05, 3.63) is 29.8 Å². The third-order valence-corrected chi connectivity index (χ3v) is 6.96.